The summed E-state index contributed by atoms with van der Waals surface area (Å²) in [7, 11) is -4.39. The van der Waals surface area contributed by atoms with E-state index in [0.29, 0.717) is 12.1 Å². The van der Waals surface area contributed by atoms with Gasteiger partial charge in [0.2, 0.25) is 25.1 Å². The second kappa shape index (κ2) is 20.6. The number of benzene rings is 3. The maximum absolute atomic E-state index is 14.2. The molecule has 0 aliphatic rings. The van der Waals surface area contributed by atoms with Crippen LogP contribution in [0.3, 0.4) is 0 Å². The molecule has 15 heteroatoms. The van der Waals surface area contributed by atoms with E-state index < -0.39 is 61.3 Å². The molecular formula is C40H53N6O8P. The van der Waals surface area contributed by atoms with Crippen molar-refractivity contribution in [3.63, 3.8) is 0 Å². The van der Waals surface area contributed by atoms with E-state index in [2.05, 4.69) is 31.2 Å². The van der Waals surface area contributed by atoms with Gasteiger partial charge in [0.05, 0.1) is 19.0 Å². The summed E-state index contributed by atoms with van der Waals surface area (Å²) in [4.78, 5) is 72.6. The molecule has 6 atom stereocenters. The Morgan fingerprint density at radius 2 is 1.53 bits per heavy atom. The smallest absolute Gasteiger partial charge is 0.408 e. The summed E-state index contributed by atoms with van der Waals surface area (Å²) in [5, 5.41) is 22.3. The van der Waals surface area contributed by atoms with Gasteiger partial charge >= 0.3 is 6.09 Å². The van der Waals surface area contributed by atoms with Crippen molar-refractivity contribution in [3.05, 3.63) is 102 Å². The van der Waals surface area contributed by atoms with Gasteiger partial charge in [-0.2, -0.15) is 0 Å². The molecule has 1 aromatic heterocycles. The fraction of sp³-hybridized carbons (Fsp3) is 0.425. The van der Waals surface area contributed by atoms with E-state index in [9.17, 15) is 33.7 Å². The van der Waals surface area contributed by atoms with Gasteiger partial charge in [-0.05, 0) is 40.2 Å². The first-order valence-corrected chi connectivity index (χ1v) is 20.4. The van der Waals surface area contributed by atoms with E-state index >= 15 is 0 Å². The van der Waals surface area contributed by atoms with E-state index in [1.54, 1.807) is 12.1 Å². The van der Waals surface area contributed by atoms with Gasteiger partial charge in [0.25, 0.3) is 0 Å². The molecule has 0 spiro atoms. The maximum atomic E-state index is 14.2. The molecule has 0 saturated heterocycles. The van der Waals surface area contributed by atoms with Gasteiger partial charge in [-0.15, -0.1) is 0 Å². The number of rotatable bonds is 20. The average molecular weight is 777 g/mol. The second-order valence-electron chi connectivity index (χ2n) is 14.3. The minimum absolute atomic E-state index is 0.0328. The molecule has 7 N–H and O–H groups in total. The molecule has 0 bridgehead atoms. The number of carbonyl (C=O) groups is 4. The lowest BCUT2D eigenvalue weighted by Gasteiger charge is -2.29. The van der Waals surface area contributed by atoms with Crippen LogP contribution in [-0.4, -0.2) is 80.5 Å². The highest BCUT2D eigenvalue weighted by atomic mass is 31.2. The molecule has 0 radical (unpaired) electrons. The number of aliphatic hydroxyl groups is 1. The van der Waals surface area contributed by atoms with Crippen molar-refractivity contribution in [2.24, 2.45) is 11.8 Å². The first-order valence-electron chi connectivity index (χ1n) is 18.5. The molecule has 14 nitrogen and oxygen atoms in total. The Bertz CT molecular complexity index is 1900. The quantitative estimate of drug-likeness (QED) is 0.0633. The predicted molar refractivity (Wildman–Crippen MR) is 210 cm³/mol. The number of aromatic amines is 1. The fourth-order valence-corrected chi connectivity index (χ4v) is 7.96. The molecule has 0 aliphatic carbocycles. The number of H-pyrrole nitrogens is 1. The first-order chi connectivity index (χ1) is 26.3. The Kier molecular flexibility index (Phi) is 16.0. The number of nitrogens with zero attached hydrogens (tertiary/aromatic N) is 1. The van der Waals surface area contributed by atoms with E-state index in [4.69, 9.17) is 4.74 Å². The van der Waals surface area contributed by atoms with Gasteiger partial charge in [-0.1, -0.05) is 107 Å². The maximum Gasteiger partial charge on any atom is 0.408 e. The summed E-state index contributed by atoms with van der Waals surface area (Å²) < 4.78 is 19.3. The number of hydrogen-bond donors (Lipinski definition) is 7. The summed E-state index contributed by atoms with van der Waals surface area (Å²) in [6, 6.07) is 19.3. The number of imidazole rings is 1. The Morgan fingerprint density at radius 1 is 0.855 bits per heavy atom. The number of carbonyl (C=O) groups excluding carboxylic acids is 4. The molecule has 1 heterocycles. The van der Waals surface area contributed by atoms with Crippen LogP contribution in [0.25, 0.3) is 10.8 Å². The highest BCUT2D eigenvalue weighted by Gasteiger charge is 2.38. The normalized spacial score (nSPS) is 15.2. The molecule has 55 heavy (non-hydrogen) atoms. The zero-order valence-corrected chi connectivity index (χ0v) is 32.6. The third kappa shape index (κ3) is 13.0. The fourth-order valence-electron chi connectivity index (χ4n) is 6.16. The van der Waals surface area contributed by atoms with E-state index in [0.717, 1.165) is 21.9 Å². The Morgan fingerprint density at radius 3 is 2.20 bits per heavy atom. The van der Waals surface area contributed by atoms with Crippen LogP contribution in [0, 0.1) is 11.8 Å². The highest BCUT2D eigenvalue weighted by molar-refractivity contribution is 7.59. The monoisotopic (exact) mass is 776 g/mol. The van der Waals surface area contributed by atoms with Gasteiger partial charge in [0, 0.05) is 24.7 Å². The summed E-state index contributed by atoms with van der Waals surface area (Å²) in [5.74, 6) is -3.76. The number of aliphatic hydroxyl groups excluding tert-OH is 1. The SMILES string of the molecule is CCC(C)[C@@H](CO)NC(=O)CP(=O)(O)C(CC(C)C)NC(=O)[C@H](Cc1cnc[nH]1)NC(=O)[C@H](Cc1cccc2ccccc12)NC(=O)OCc1ccccc1. The minimum Gasteiger partial charge on any atom is -0.445 e. The van der Waals surface area contributed by atoms with Crippen LogP contribution in [-0.2, 0) is 43.1 Å². The van der Waals surface area contributed by atoms with Gasteiger partial charge < -0.3 is 41.0 Å². The third-order valence-electron chi connectivity index (χ3n) is 9.47. The van der Waals surface area contributed by atoms with Gasteiger partial charge in [0.15, 0.2) is 0 Å². The molecule has 3 unspecified atom stereocenters. The number of nitrogens with one attached hydrogen (secondary N) is 5. The van der Waals surface area contributed by atoms with E-state index in [1.165, 1.54) is 12.5 Å². The summed E-state index contributed by atoms with van der Waals surface area (Å²) in [5.41, 5.74) is 2.01. The topological polar surface area (TPSA) is 212 Å². The predicted octanol–water partition coefficient (Wildman–Crippen LogP) is 4.41. The zero-order chi connectivity index (χ0) is 40.0. The number of aromatic nitrogens is 2. The number of ether oxygens (including phenoxy) is 1. The second-order valence-corrected chi connectivity index (χ2v) is 16.7. The van der Waals surface area contributed by atoms with Crippen molar-refractivity contribution >= 4 is 42.0 Å². The number of fused-ring (bicyclic) bond motifs is 1. The van der Waals surface area contributed by atoms with Crippen LogP contribution in [0.1, 0.15) is 57.4 Å². The van der Waals surface area contributed by atoms with Crippen molar-refractivity contribution in [2.75, 3.05) is 12.8 Å². The van der Waals surface area contributed by atoms with Crippen molar-refractivity contribution < 1.29 is 38.5 Å². The molecule has 3 aromatic carbocycles. The molecule has 4 aromatic rings. The van der Waals surface area contributed by atoms with Crippen LogP contribution in [0.2, 0.25) is 0 Å². The van der Waals surface area contributed by atoms with Gasteiger partial charge in [-0.25, -0.2) is 9.78 Å². The van der Waals surface area contributed by atoms with Crippen LogP contribution in [0.5, 0.6) is 0 Å². The van der Waals surface area contributed by atoms with E-state index in [1.807, 2.05) is 88.4 Å². The largest absolute Gasteiger partial charge is 0.445 e. The molecule has 4 rings (SSSR count). The molecule has 4 amide bonds. The average Bonchev–Trinajstić information content (AvgIpc) is 3.68. The van der Waals surface area contributed by atoms with Crippen molar-refractivity contribution in [1.29, 1.82) is 0 Å². The zero-order valence-electron chi connectivity index (χ0n) is 31.7. The van der Waals surface area contributed by atoms with Crippen LogP contribution in [0.15, 0.2) is 85.3 Å². The van der Waals surface area contributed by atoms with Crippen LogP contribution in [0.4, 0.5) is 4.79 Å². The van der Waals surface area contributed by atoms with E-state index in [-0.39, 0.29) is 44.3 Å². The molecule has 0 fully saturated rings. The first kappa shape index (κ1) is 42.7. The summed E-state index contributed by atoms with van der Waals surface area (Å²) in [6.07, 6.45) is 1.99. The Balaban J connectivity index is 1.58. The summed E-state index contributed by atoms with van der Waals surface area (Å²) >= 11 is 0. The third-order valence-corrected chi connectivity index (χ3v) is 11.5. The molecule has 0 saturated carbocycles. The highest BCUT2D eigenvalue weighted by Crippen LogP contribution is 2.47. The Labute approximate surface area is 321 Å². The molecular weight excluding hydrogens is 723 g/mol. The van der Waals surface area contributed by atoms with Crippen molar-refractivity contribution in [2.45, 2.75) is 83.9 Å². The number of hydrogen-bond acceptors (Lipinski definition) is 8. The number of amides is 4. The van der Waals surface area contributed by atoms with Crippen molar-refractivity contribution in [3.8, 4) is 0 Å². The lowest BCUT2D eigenvalue weighted by Crippen LogP contribution is -2.56. The van der Waals surface area contributed by atoms with Crippen molar-refractivity contribution in [1.82, 2.24) is 31.2 Å². The number of alkyl carbamates (subject to hydrolysis) is 1. The molecule has 296 valence electrons. The minimum atomic E-state index is -4.39. The van der Waals surface area contributed by atoms with Crippen LogP contribution < -0.4 is 21.3 Å². The summed E-state index contributed by atoms with van der Waals surface area (Å²) in [6.45, 7) is 7.02. The Hall–Kier alpha value is -5.04. The van der Waals surface area contributed by atoms with Gasteiger partial charge in [0.1, 0.15) is 30.6 Å². The standard InChI is InChI=1S/C40H53N6O8P/c1-5-27(4)35(22-47)43-36(48)24-55(52,53)37(18-26(2)3)46-39(50)34(20-31-21-41-25-42-31)44-38(49)33(45-40(51)54-23-28-12-7-6-8-13-28)19-30-16-11-15-29-14-9-10-17-32(29)30/h6-17,21,25-27,33-35,37,47H,5,18-20,22-24H2,1-4H3,(H,41,42)(H,43,48)(H,44,49)(H,45,51)(H,46,50)(H,52,53)/t27?,33-,34-,35+,37?/m0/s1. The molecule has 0 aliphatic heterocycles. The van der Waals surface area contributed by atoms with Crippen LogP contribution >= 0.6 is 7.37 Å². The lowest BCUT2D eigenvalue weighted by molar-refractivity contribution is -0.130. The van der Waals surface area contributed by atoms with Gasteiger partial charge in [-0.3, -0.25) is 18.9 Å². The lowest BCUT2D eigenvalue weighted by atomic mass is 9.98.